The number of carbonyl (C=O) groups excluding carboxylic acids is 1. The number of carbonyl (C=O) groups is 1. The maximum absolute atomic E-state index is 12.8. The Balaban J connectivity index is 2.36. The predicted octanol–water partition coefficient (Wildman–Crippen LogP) is 1.47. The van der Waals surface area contributed by atoms with E-state index in [9.17, 15) is 14.0 Å². The average Bonchev–Trinajstić information content (AvgIpc) is 2.39. The van der Waals surface area contributed by atoms with Crippen LogP contribution in [0, 0.1) is 5.82 Å². The third-order valence-corrected chi connectivity index (χ3v) is 2.50. The fourth-order valence-corrected chi connectivity index (χ4v) is 1.60. The Morgan fingerprint density at radius 2 is 1.89 bits per heavy atom. The van der Waals surface area contributed by atoms with Gasteiger partial charge in [-0.05, 0) is 42.0 Å². The number of H-pyrrole nitrogens is 1. The van der Waals surface area contributed by atoms with Crippen LogP contribution >= 0.6 is 0 Å². The summed E-state index contributed by atoms with van der Waals surface area (Å²) in [7, 11) is 1.28. The summed E-state index contributed by atoms with van der Waals surface area (Å²) in [6.45, 7) is 0. The van der Waals surface area contributed by atoms with Gasteiger partial charge in [0.2, 0.25) is 0 Å². The molecule has 19 heavy (non-hydrogen) atoms. The van der Waals surface area contributed by atoms with Crippen LogP contribution in [0.3, 0.4) is 0 Å². The minimum atomic E-state index is -0.630. The van der Waals surface area contributed by atoms with Crippen LogP contribution in [-0.2, 0) is 4.84 Å². The first kappa shape index (κ1) is 13.0. The van der Waals surface area contributed by atoms with E-state index < -0.39 is 11.5 Å². The molecule has 1 aromatic heterocycles. The minimum Gasteiger partial charge on any atom is -0.321 e. The second-order valence-electron chi connectivity index (χ2n) is 3.76. The van der Waals surface area contributed by atoms with Gasteiger partial charge in [0, 0.05) is 5.69 Å². The molecule has 2 rings (SSSR count). The number of pyridine rings is 1. The molecule has 0 aliphatic heterocycles. The zero-order valence-corrected chi connectivity index (χ0v) is 10.1. The number of benzene rings is 1. The predicted molar refractivity (Wildman–Crippen MR) is 66.9 cm³/mol. The van der Waals surface area contributed by atoms with E-state index in [1.54, 1.807) is 6.07 Å². The lowest BCUT2D eigenvalue weighted by atomic mass is 10.1. The van der Waals surface area contributed by atoms with Crippen LogP contribution in [0.5, 0.6) is 0 Å². The summed E-state index contributed by atoms with van der Waals surface area (Å²) < 4.78 is 12.8. The first-order chi connectivity index (χ1) is 9.11. The van der Waals surface area contributed by atoms with E-state index in [0.29, 0.717) is 11.3 Å². The number of hydrogen-bond acceptors (Lipinski definition) is 3. The molecule has 0 fully saturated rings. The highest BCUT2D eigenvalue weighted by atomic mass is 19.1. The molecule has 0 saturated heterocycles. The first-order valence-electron chi connectivity index (χ1n) is 5.44. The molecular weight excluding hydrogens is 251 g/mol. The molecule has 0 aliphatic carbocycles. The number of aromatic nitrogens is 1. The van der Waals surface area contributed by atoms with Gasteiger partial charge in [0.15, 0.2) is 0 Å². The number of hydrogen-bond donors (Lipinski definition) is 2. The van der Waals surface area contributed by atoms with E-state index in [1.165, 1.54) is 37.4 Å². The van der Waals surface area contributed by atoms with Gasteiger partial charge in [0.05, 0.1) is 7.11 Å². The van der Waals surface area contributed by atoms with Crippen molar-refractivity contribution in [1.82, 2.24) is 10.5 Å². The standard InChI is InChI=1S/C13H11FN2O3/c1-19-16-13(18)10-6-7-11(15-12(10)17)8-2-4-9(14)5-3-8/h2-7H,1H3,(H,15,17)(H,16,18). The highest BCUT2D eigenvalue weighted by Gasteiger charge is 2.10. The molecular formula is C13H11FN2O3. The highest BCUT2D eigenvalue weighted by Crippen LogP contribution is 2.15. The largest absolute Gasteiger partial charge is 0.321 e. The third kappa shape index (κ3) is 2.86. The quantitative estimate of drug-likeness (QED) is 0.823. The first-order valence-corrected chi connectivity index (χ1v) is 5.44. The van der Waals surface area contributed by atoms with Crippen LogP contribution in [0.1, 0.15) is 10.4 Å². The Labute approximate surface area is 108 Å². The number of nitrogens with one attached hydrogen (secondary N) is 2. The Kier molecular flexibility index (Phi) is 3.72. The second kappa shape index (κ2) is 5.45. The topological polar surface area (TPSA) is 71.2 Å². The number of halogens is 1. The Bertz CT molecular complexity index is 650. The molecule has 0 atom stereocenters. The molecule has 1 aromatic carbocycles. The van der Waals surface area contributed by atoms with Gasteiger partial charge in [-0.15, -0.1) is 0 Å². The lowest BCUT2D eigenvalue weighted by Crippen LogP contribution is -2.28. The number of aromatic amines is 1. The lowest BCUT2D eigenvalue weighted by molar-refractivity contribution is 0.0536. The van der Waals surface area contributed by atoms with E-state index >= 15 is 0 Å². The molecule has 0 unspecified atom stereocenters. The number of hydroxylamine groups is 1. The monoisotopic (exact) mass is 262 g/mol. The molecule has 1 heterocycles. The van der Waals surface area contributed by atoms with Crippen LogP contribution in [0.15, 0.2) is 41.2 Å². The van der Waals surface area contributed by atoms with Gasteiger partial charge in [-0.3, -0.25) is 14.4 Å². The second-order valence-corrected chi connectivity index (χ2v) is 3.76. The summed E-state index contributed by atoms with van der Waals surface area (Å²) in [5, 5.41) is 0. The van der Waals surface area contributed by atoms with Crippen LogP contribution in [0.2, 0.25) is 0 Å². The van der Waals surface area contributed by atoms with E-state index in [-0.39, 0.29) is 11.4 Å². The molecule has 6 heteroatoms. The third-order valence-electron chi connectivity index (χ3n) is 2.50. The van der Waals surface area contributed by atoms with Crippen molar-refractivity contribution in [2.45, 2.75) is 0 Å². The zero-order valence-electron chi connectivity index (χ0n) is 10.1. The molecule has 0 spiro atoms. The average molecular weight is 262 g/mol. The van der Waals surface area contributed by atoms with Gasteiger partial charge in [-0.25, -0.2) is 9.87 Å². The number of rotatable bonds is 3. The van der Waals surface area contributed by atoms with Gasteiger partial charge >= 0.3 is 0 Å². The molecule has 2 aromatic rings. The van der Waals surface area contributed by atoms with Crippen molar-refractivity contribution in [3.8, 4) is 11.3 Å². The molecule has 0 radical (unpaired) electrons. The maximum atomic E-state index is 12.8. The van der Waals surface area contributed by atoms with E-state index in [2.05, 4.69) is 15.3 Å². The van der Waals surface area contributed by atoms with Gasteiger partial charge in [0.25, 0.3) is 11.5 Å². The summed E-state index contributed by atoms with van der Waals surface area (Å²) in [4.78, 5) is 30.2. The van der Waals surface area contributed by atoms with Gasteiger partial charge in [-0.2, -0.15) is 0 Å². The SMILES string of the molecule is CONC(=O)c1ccc(-c2ccc(F)cc2)[nH]c1=O. The van der Waals surface area contributed by atoms with Crippen LogP contribution in [-0.4, -0.2) is 18.0 Å². The zero-order chi connectivity index (χ0) is 13.8. The van der Waals surface area contributed by atoms with E-state index in [4.69, 9.17) is 0 Å². The van der Waals surface area contributed by atoms with Gasteiger partial charge in [-0.1, -0.05) is 0 Å². The smallest absolute Gasteiger partial charge is 0.280 e. The molecule has 1 amide bonds. The summed E-state index contributed by atoms with van der Waals surface area (Å²) in [5.74, 6) is -0.989. The van der Waals surface area contributed by atoms with E-state index in [0.717, 1.165) is 0 Å². The number of amides is 1. The summed E-state index contributed by atoms with van der Waals surface area (Å²) in [6.07, 6.45) is 0. The Morgan fingerprint density at radius 3 is 2.47 bits per heavy atom. The molecule has 0 bridgehead atoms. The van der Waals surface area contributed by atoms with Crippen molar-refractivity contribution in [3.05, 3.63) is 58.1 Å². The fourth-order valence-electron chi connectivity index (χ4n) is 1.60. The van der Waals surface area contributed by atoms with Gasteiger partial charge < -0.3 is 4.98 Å². The van der Waals surface area contributed by atoms with Crippen molar-refractivity contribution in [3.63, 3.8) is 0 Å². The van der Waals surface area contributed by atoms with Crippen LogP contribution < -0.4 is 11.0 Å². The van der Waals surface area contributed by atoms with Crippen LogP contribution in [0.25, 0.3) is 11.3 Å². The molecule has 0 aliphatic rings. The highest BCUT2D eigenvalue weighted by molar-refractivity contribution is 5.93. The normalized spacial score (nSPS) is 10.2. The van der Waals surface area contributed by atoms with Gasteiger partial charge in [0.1, 0.15) is 11.4 Å². The minimum absolute atomic E-state index is 0.0623. The fraction of sp³-hybridized carbons (Fsp3) is 0.0769. The summed E-state index contributed by atoms with van der Waals surface area (Å²) >= 11 is 0. The maximum Gasteiger partial charge on any atom is 0.280 e. The molecule has 5 nitrogen and oxygen atoms in total. The summed E-state index contributed by atoms with van der Waals surface area (Å²) in [5.41, 5.74) is 2.60. The molecule has 0 saturated carbocycles. The molecule has 2 N–H and O–H groups in total. The molecule has 98 valence electrons. The Morgan fingerprint density at radius 1 is 1.21 bits per heavy atom. The summed E-state index contributed by atoms with van der Waals surface area (Å²) in [6, 6.07) is 8.61. The van der Waals surface area contributed by atoms with Crippen molar-refractivity contribution in [1.29, 1.82) is 0 Å². The van der Waals surface area contributed by atoms with Crippen molar-refractivity contribution < 1.29 is 14.0 Å². The van der Waals surface area contributed by atoms with Crippen molar-refractivity contribution in [2.24, 2.45) is 0 Å². The van der Waals surface area contributed by atoms with Crippen molar-refractivity contribution >= 4 is 5.91 Å². The van der Waals surface area contributed by atoms with E-state index in [1.807, 2.05) is 0 Å². The van der Waals surface area contributed by atoms with Crippen molar-refractivity contribution in [2.75, 3.05) is 7.11 Å². The van der Waals surface area contributed by atoms with Crippen LogP contribution in [0.4, 0.5) is 4.39 Å². The lowest BCUT2D eigenvalue weighted by Gasteiger charge is -2.04. The Hall–Kier alpha value is -2.47.